The van der Waals surface area contributed by atoms with Crippen molar-refractivity contribution in [1.29, 1.82) is 0 Å². The molecule has 0 heterocycles. The molecule has 0 bridgehead atoms. The van der Waals surface area contributed by atoms with E-state index in [9.17, 15) is 4.79 Å². The summed E-state index contributed by atoms with van der Waals surface area (Å²) in [7, 11) is 1.53. The van der Waals surface area contributed by atoms with Crippen LogP contribution in [0.4, 0.5) is 5.69 Å². The fraction of sp³-hybridized carbons (Fsp3) is 0.462. The molecule has 100 valence electrons. The minimum absolute atomic E-state index is 0.182. The Labute approximate surface area is 112 Å². The molecule has 1 atom stereocenters. The van der Waals surface area contributed by atoms with E-state index < -0.39 is 0 Å². The molecule has 0 fully saturated rings. The molecular weight excluding hydrogens is 248 g/mol. The number of thioether (sulfide) groups is 1. The number of benzene rings is 1. The number of carbonyl (C=O) groups is 1. The minimum atomic E-state index is -0.182. The number of nitrogen functional groups attached to an aromatic ring is 1. The Morgan fingerprint density at radius 3 is 2.89 bits per heavy atom. The Balaban J connectivity index is 2.67. The van der Waals surface area contributed by atoms with Crippen LogP contribution in [0, 0.1) is 0 Å². The quantitative estimate of drug-likeness (QED) is 0.776. The Bertz CT molecular complexity index is 410. The van der Waals surface area contributed by atoms with Crippen LogP contribution in [0.5, 0.6) is 5.75 Å². The maximum atomic E-state index is 12.0. The summed E-state index contributed by atoms with van der Waals surface area (Å²) in [5.74, 6) is 0.323. The van der Waals surface area contributed by atoms with Gasteiger partial charge in [0.25, 0.3) is 5.91 Å². The van der Waals surface area contributed by atoms with Crippen molar-refractivity contribution >= 4 is 23.4 Å². The third kappa shape index (κ3) is 3.84. The molecule has 1 rings (SSSR count). The Kier molecular flexibility index (Phi) is 5.85. The Morgan fingerprint density at radius 2 is 2.28 bits per heavy atom. The molecule has 18 heavy (non-hydrogen) atoms. The molecule has 1 amide bonds. The van der Waals surface area contributed by atoms with Crippen LogP contribution in [-0.4, -0.2) is 31.1 Å². The lowest BCUT2D eigenvalue weighted by molar-refractivity contribution is 0.0951. The van der Waals surface area contributed by atoms with E-state index in [1.165, 1.54) is 7.11 Å². The van der Waals surface area contributed by atoms with Crippen molar-refractivity contribution < 1.29 is 9.53 Å². The van der Waals surface area contributed by atoms with Crippen molar-refractivity contribution in [1.82, 2.24) is 5.32 Å². The minimum Gasteiger partial charge on any atom is -0.496 e. The number of nitrogens with two attached hydrogens (primary N) is 1. The highest BCUT2D eigenvalue weighted by Crippen LogP contribution is 2.23. The zero-order valence-corrected chi connectivity index (χ0v) is 11.8. The first kappa shape index (κ1) is 14.7. The number of hydrogen-bond acceptors (Lipinski definition) is 4. The van der Waals surface area contributed by atoms with Crippen LogP contribution in [0.25, 0.3) is 0 Å². The molecule has 5 heteroatoms. The number of anilines is 1. The van der Waals surface area contributed by atoms with Gasteiger partial charge in [-0.15, -0.1) is 0 Å². The van der Waals surface area contributed by atoms with Gasteiger partial charge in [0.2, 0.25) is 0 Å². The highest BCUT2D eigenvalue weighted by molar-refractivity contribution is 7.99. The lowest BCUT2D eigenvalue weighted by Crippen LogP contribution is -2.27. The van der Waals surface area contributed by atoms with Gasteiger partial charge in [-0.2, -0.15) is 11.8 Å². The average Bonchev–Trinajstić information content (AvgIpc) is 2.37. The highest BCUT2D eigenvalue weighted by Gasteiger charge is 2.15. The van der Waals surface area contributed by atoms with Gasteiger partial charge in [-0.25, -0.2) is 0 Å². The molecular formula is C13H20N2O2S. The Hall–Kier alpha value is -1.36. The molecule has 1 unspecified atom stereocenters. The molecule has 1 aromatic rings. The van der Waals surface area contributed by atoms with Gasteiger partial charge in [-0.3, -0.25) is 4.79 Å². The second kappa shape index (κ2) is 7.16. The molecule has 0 aliphatic rings. The predicted octanol–water partition coefficient (Wildman–Crippen LogP) is 2.15. The molecule has 0 spiro atoms. The maximum absolute atomic E-state index is 12.0. The van der Waals surface area contributed by atoms with Gasteiger partial charge in [0.05, 0.1) is 7.11 Å². The second-order valence-electron chi connectivity index (χ2n) is 4.02. The van der Waals surface area contributed by atoms with E-state index in [2.05, 4.69) is 18.5 Å². The lowest BCUT2D eigenvalue weighted by atomic mass is 10.1. The summed E-state index contributed by atoms with van der Waals surface area (Å²) in [4.78, 5) is 12.0. The van der Waals surface area contributed by atoms with E-state index in [1.54, 1.807) is 30.0 Å². The number of ether oxygens (including phenoxy) is 1. The van der Waals surface area contributed by atoms with Gasteiger partial charge in [-0.1, -0.05) is 13.0 Å². The first-order valence-corrected chi connectivity index (χ1v) is 7.12. The van der Waals surface area contributed by atoms with Crippen LogP contribution in [-0.2, 0) is 0 Å². The third-order valence-corrected chi connectivity index (χ3v) is 3.78. The van der Waals surface area contributed by atoms with Crippen LogP contribution in [0.1, 0.15) is 23.7 Å². The number of nitrogens with one attached hydrogen (secondary N) is 1. The van der Waals surface area contributed by atoms with Crippen molar-refractivity contribution in [2.75, 3.05) is 25.6 Å². The number of amides is 1. The molecule has 0 saturated carbocycles. The van der Waals surface area contributed by atoms with Gasteiger partial charge < -0.3 is 15.8 Å². The number of rotatable bonds is 6. The molecule has 3 N–H and O–H groups in total. The number of methoxy groups -OCH3 is 1. The average molecular weight is 268 g/mol. The monoisotopic (exact) mass is 268 g/mol. The fourth-order valence-electron chi connectivity index (χ4n) is 1.56. The van der Waals surface area contributed by atoms with Crippen LogP contribution in [0.3, 0.4) is 0 Å². The molecule has 0 radical (unpaired) electrons. The van der Waals surface area contributed by atoms with Gasteiger partial charge in [0.1, 0.15) is 11.3 Å². The van der Waals surface area contributed by atoms with E-state index >= 15 is 0 Å². The summed E-state index contributed by atoms with van der Waals surface area (Å²) in [6.07, 6.45) is 2.99. The van der Waals surface area contributed by atoms with E-state index in [0.717, 1.165) is 6.42 Å². The van der Waals surface area contributed by atoms with Gasteiger partial charge in [-0.05, 0) is 24.8 Å². The van der Waals surface area contributed by atoms with Crippen LogP contribution >= 0.6 is 11.8 Å². The van der Waals surface area contributed by atoms with Crippen molar-refractivity contribution in [2.24, 2.45) is 0 Å². The van der Waals surface area contributed by atoms with Gasteiger partial charge in [0, 0.05) is 17.5 Å². The normalized spacial score (nSPS) is 11.9. The zero-order valence-electron chi connectivity index (χ0n) is 11.0. The summed E-state index contributed by atoms with van der Waals surface area (Å²) >= 11 is 1.78. The summed E-state index contributed by atoms with van der Waals surface area (Å²) < 4.78 is 5.15. The molecule has 0 saturated heterocycles. The number of hydrogen-bond donors (Lipinski definition) is 2. The summed E-state index contributed by atoms with van der Waals surface area (Å²) in [5, 5.41) is 3.40. The topological polar surface area (TPSA) is 64.3 Å². The largest absolute Gasteiger partial charge is 0.496 e. The smallest absolute Gasteiger partial charge is 0.257 e. The summed E-state index contributed by atoms with van der Waals surface area (Å²) in [5.41, 5.74) is 6.66. The van der Waals surface area contributed by atoms with Crippen molar-refractivity contribution in [2.45, 2.75) is 18.6 Å². The predicted molar refractivity (Wildman–Crippen MR) is 77.3 cm³/mol. The van der Waals surface area contributed by atoms with Crippen molar-refractivity contribution in [3.05, 3.63) is 23.8 Å². The molecule has 0 aromatic heterocycles. The lowest BCUT2D eigenvalue weighted by Gasteiger charge is -2.12. The van der Waals surface area contributed by atoms with E-state index in [-0.39, 0.29) is 5.91 Å². The fourth-order valence-corrected chi connectivity index (χ4v) is 1.91. The first-order chi connectivity index (χ1) is 8.60. The van der Waals surface area contributed by atoms with Gasteiger partial charge >= 0.3 is 0 Å². The van der Waals surface area contributed by atoms with E-state index in [1.807, 2.05) is 0 Å². The SMILES string of the molecule is COc1cccc(N)c1C(=O)NCCC(C)SC. The summed E-state index contributed by atoms with van der Waals surface area (Å²) in [6.45, 7) is 2.77. The van der Waals surface area contributed by atoms with E-state index in [0.29, 0.717) is 28.8 Å². The van der Waals surface area contributed by atoms with Crippen LogP contribution in [0.2, 0.25) is 0 Å². The molecule has 0 aliphatic heterocycles. The van der Waals surface area contributed by atoms with Crippen LogP contribution < -0.4 is 15.8 Å². The standard InChI is InChI=1S/C13H20N2O2S/c1-9(18-3)7-8-15-13(16)12-10(14)5-4-6-11(12)17-2/h4-6,9H,7-8,14H2,1-3H3,(H,15,16). The molecule has 1 aromatic carbocycles. The molecule has 0 aliphatic carbocycles. The van der Waals surface area contributed by atoms with Crippen LogP contribution in [0.15, 0.2) is 18.2 Å². The first-order valence-electron chi connectivity index (χ1n) is 5.83. The zero-order chi connectivity index (χ0) is 13.5. The third-order valence-electron chi connectivity index (χ3n) is 2.74. The van der Waals surface area contributed by atoms with E-state index in [4.69, 9.17) is 10.5 Å². The number of carbonyl (C=O) groups excluding carboxylic acids is 1. The van der Waals surface area contributed by atoms with Crippen molar-refractivity contribution in [3.63, 3.8) is 0 Å². The summed E-state index contributed by atoms with van der Waals surface area (Å²) in [6, 6.07) is 5.19. The van der Waals surface area contributed by atoms with Crippen molar-refractivity contribution in [3.8, 4) is 5.75 Å². The van der Waals surface area contributed by atoms with Gasteiger partial charge in [0.15, 0.2) is 0 Å². The highest BCUT2D eigenvalue weighted by atomic mass is 32.2. The second-order valence-corrected chi connectivity index (χ2v) is 5.29. The Morgan fingerprint density at radius 1 is 1.56 bits per heavy atom. The maximum Gasteiger partial charge on any atom is 0.257 e. The molecule has 4 nitrogen and oxygen atoms in total.